The van der Waals surface area contributed by atoms with Crippen LogP contribution in [0.2, 0.25) is 0 Å². The summed E-state index contributed by atoms with van der Waals surface area (Å²) < 4.78 is 0. The Morgan fingerprint density at radius 1 is 0.909 bits per heavy atom. The minimum atomic E-state index is -1.50. The van der Waals surface area contributed by atoms with Crippen molar-refractivity contribution in [1.29, 1.82) is 0 Å². The van der Waals surface area contributed by atoms with Crippen molar-refractivity contribution >= 4 is 35.6 Å². The Kier molecular flexibility index (Phi) is 13.1. The molecule has 188 valence electrons. The van der Waals surface area contributed by atoms with Gasteiger partial charge in [0.15, 0.2) is 5.96 Å². The third-order valence-corrected chi connectivity index (χ3v) is 4.78. The van der Waals surface area contributed by atoms with Gasteiger partial charge in [-0.15, -0.1) is 0 Å². The lowest BCUT2D eigenvalue weighted by Gasteiger charge is -2.26. The topological polar surface area (TPSA) is 252 Å². The van der Waals surface area contributed by atoms with E-state index in [2.05, 4.69) is 20.9 Å². The predicted molar refractivity (Wildman–Crippen MR) is 119 cm³/mol. The molecule has 0 saturated carbocycles. The first-order valence-corrected chi connectivity index (χ1v) is 10.5. The summed E-state index contributed by atoms with van der Waals surface area (Å²) in [6.07, 6.45) is -0.0185. The molecule has 0 spiro atoms. The van der Waals surface area contributed by atoms with Crippen LogP contribution in [0.4, 0.5) is 0 Å². The van der Waals surface area contributed by atoms with E-state index in [1.807, 2.05) is 0 Å². The van der Waals surface area contributed by atoms with Crippen molar-refractivity contribution in [2.75, 3.05) is 6.54 Å². The number of nitrogens with one attached hydrogen (secondary N) is 3. The molecule has 14 heteroatoms. The number of carboxylic acids is 2. The van der Waals surface area contributed by atoms with Crippen LogP contribution in [0.1, 0.15) is 46.5 Å². The van der Waals surface area contributed by atoms with Gasteiger partial charge in [-0.25, -0.2) is 4.79 Å². The van der Waals surface area contributed by atoms with Crippen LogP contribution in [0.15, 0.2) is 4.99 Å². The maximum absolute atomic E-state index is 12.8. The van der Waals surface area contributed by atoms with E-state index in [1.54, 1.807) is 13.8 Å². The van der Waals surface area contributed by atoms with Gasteiger partial charge < -0.3 is 43.4 Å². The molecule has 0 aliphatic rings. The molecular weight excluding hydrogens is 438 g/mol. The molecule has 33 heavy (non-hydrogen) atoms. The summed E-state index contributed by atoms with van der Waals surface area (Å²) in [5, 5.41) is 25.5. The van der Waals surface area contributed by atoms with Crippen molar-refractivity contribution in [3.05, 3.63) is 0 Å². The normalized spacial score (nSPS) is 15.2. The summed E-state index contributed by atoms with van der Waals surface area (Å²) >= 11 is 0. The van der Waals surface area contributed by atoms with Crippen LogP contribution in [0, 0.1) is 5.92 Å². The van der Waals surface area contributed by atoms with Crippen LogP contribution >= 0.6 is 0 Å². The predicted octanol–water partition coefficient (Wildman–Crippen LogP) is -2.55. The van der Waals surface area contributed by atoms with Crippen molar-refractivity contribution in [3.63, 3.8) is 0 Å². The second kappa shape index (κ2) is 14.6. The number of carbonyl (C=O) groups is 5. The Morgan fingerprint density at radius 2 is 1.45 bits per heavy atom. The number of hydrogen-bond acceptors (Lipinski definition) is 7. The van der Waals surface area contributed by atoms with Crippen LogP contribution in [-0.4, -0.2) is 76.5 Å². The molecular formula is C19H35N7O7. The molecule has 0 aliphatic carbocycles. The maximum Gasteiger partial charge on any atom is 0.326 e. The van der Waals surface area contributed by atoms with Gasteiger partial charge in [-0.2, -0.15) is 0 Å². The number of guanidine groups is 1. The zero-order valence-corrected chi connectivity index (χ0v) is 19.0. The van der Waals surface area contributed by atoms with Gasteiger partial charge in [0, 0.05) is 6.54 Å². The fourth-order valence-corrected chi connectivity index (χ4v) is 2.67. The average molecular weight is 474 g/mol. The largest absolute Gasteiger partial charge is 0.481 e. The number of nitrogens with two attached hydrogens (primary N) is 3. The average Bonchev–Trinajstić information content (AvgIpc) is 2.71. The van der Waals surface area contributed by atoms with Crippen LogP contribution in [0.5, 0.6) is 0 Å². The summed E-state index contributed by atoms with van der Waals surface area (Å²) in [5.41, 5.74) is 16.0. The molecule has 0 aromatic rings. The van der Waals surface area contributed by atoms with Crippen LogP contribution < -0.4 is 33.2 Å². The van der Waals surface area contributed by atoms with Gasteiger partial charge in [0.2, 0.25) is 17.7 Å². The van der Waals surface area contributed by atoms with Crippen LogP contribution in [0.3, 0.4) is 0 Å². The SMILES string of the molecule is CCC(C)C(NC(=O)C(CCCN=C(N)N)NC(=O)C(CC(=O)O)NC(=O)C(C)N)C(=O)O. The summed E-state index contributed by atoms with van der Waals surface area (Å²) in [6, 6.07) is -4.94. The smallest absolute Gasteiger partial charge is 0.326 e. The fourth-order valence-electron chi connectivity index (χ4n) is 2.67. The molecule has 3 amide bonds. The number of aliphatic carboxylic acids is 2. The molecule has 0 rings (SSSR count). The van der Waals surface area contributed by atoms with E-state index >= 15 is 0 Å². The number of aliphatic imine (C=N–C) groups is 1. The first kappa shape index (κ1) is 29.6. The third-order valence-electron chi connectivity index (χ3n) is 4.78. The number of carbonyl (C=O) groups excluding carboxylic acids is 3. The van der Waals surface area contributed by atoms with Crippen molar-refractivity contribution in [1.82, 2.24) is 16.0 Å². The van der Waals surface area contributed by atoms with Crippen molar-refractivity contribution in [2.45, 2.75) is 70.6 Å². The zero-order valence-electron chi connectivity index (χ0n) is 19.0. The lowest BCUT2D eigenvalue weighted by atomic mass is 9.98. The molecule has 0 heterocycles. The van der Waals surface area contributed by atoms with E-state index < -0.39 is 66.2 Å². The first-order chi connectivity index (χ1) is 15.3. The minimum Gasteiger partial charge on any atom is -0.481 e. The molecule has 11 N–H and O–H groups in total. The summed E-state index contributed by atoms with van der Waals surface area (Å²) in [4.78, 5) is 63.9. The molecule has 0 fully saturated rings. The Hall–Kier alpha value is -3.42. The molecule has 14 nitrogen and oxygen atoms in total. The summed E-state index contributed by atoms with van der Waals surface area (Å²) in [7, 11) is 0. The van der Waals surface area contributed by atoms with Gasteiger partial charge in [-0.3, -0.25) is 24.2 Å². The highest BCUT2D eigenvalue weighted by Gasteiger charge is 2.32. The standard InChI is InChI=1S/C19H35N7O7/c1-4-9(2)14(18(32)33)26-16(30)11(6-5-7-23-19(21)22)24-17(31)12(8-13(27)28)25-15(29)10(3)20/h9-12,14H,4-8,20H2,1-3H3,(H,24,31)(H,25,29)(H,26,30)(H,27,28)(H,32,33)(H4,21,22,23). The Morgan fingerprint density at radius 3 is 1.91 bits per heavy atom. The van der Waals surface area contributed by atoms with E-state index in [4.69, 9.17) is 22.3 Å². The van der Waals surface area contributed by atoms with Crippen molar-refractivity contribution in [2.24, 2.45) is 28.1 Å². The summed E-state index contributed by atoms with van der Waals surface area (Å²) in [5.74, 6) is -5.64. The Balaban J connectivity index is 5.62. The summed E-state index contributed by atoms with van der Waals surface area (Å²) in [6.45, 7) is 4.90. The van der Waals surface area contributed by atoms with E-state index in [-0.39, 0.29) is 25.3 Å². The molecule has 0 radical (unpaired) electrons. The number of carboxylic acid groups (broad SMARTS) is 2. The molecule has 0 saturated heterocycles. The number of amides is 3. The van der Waals surface area contributed by atoms with E-state index in [1.165, 1.54) is 6.92 Å². The zero-order chi connectivity index (χ0) is 25.7. The Bertz CT molecular complexity index is 738. The quantitative estimate of drug-likeness (QED) is 0.0701. The second-order valence-corrected chi connectivity index (χ2v) is 7.67. The number of hydrogen-bond donors (Lipinski definition) is 8. The molecule has 0 aromatic carbocycles. The molecule has 5 atom stereocenters. The highest BCUT2D eigenvalue weighted by Crippen LogP contribution is 2.09. The van der Waals surface area contributed by atoms with Gasteiger partial charge in [0.05, 0.1) is 12.5 Å². The molecule has 0 aromatic heterocycles. The molecule has 5 unspecified atom stereocenters. The van der Waals surface area contributed by atoms with Gasteiger partial charge in [0.1, 0.15) is 18.1 Å². The third kappa shape index (κ3) is 11.7. The highest BCUT2D eigenvalue weighted by molar-refractivity contribution is 5.95. The van der Waals surface area contributed by atoms with Crippen LogP contribution in [-0.2, 0) is 24.0 Å². The van der Waals surface area contributed by atoms with E-state index in [0.717, 1.165) is 0 Å². The van der Waals surface area contributed by atoms with Gasteiger partial charge in [-0.05, 0) is 25.7 Å². The lowest BCUT2D eigenvalue weighted by molar-refractivity contribution is -0.144. The fraction of sp³-hybridized carbons (Fsp3) is 0.684. The second-order valence-electron chi connectivity index (χ2n) is 7.67. The van der Waals surface area contributed by atoms with Gasteiger partial charge >= 0.3 is 11.9 Å². The molecule has 0 bridgehead atoms. The maximum atomic E-state index is 12.8. The van der Waals surface area contributed by atoms with Gasteiger partial charge in [-0.1, -0.05) is 20.3 Å². The number of nitrogens with zero attached hydrogens (tertiary/aromatic N) is 1. The van der Waals surface area contributed by atoms with Crippen molar-refractivity contribution in [3.8, 4) is 0 Å². The number of rotatable bonds is 15. The minimum absolute atomic E-state index is 0.0161. The Labute approximate surface area is 191 Å². The van der Waals surface area contributed by atoms with E-state index in [0.29, 0.717) is 6.42 Å². The van der Waals surface area contributed by atoms with Gasteiger partial charge in [0.25, 0.3) is 0 Å². The lowest BCUT2D eigenvalue weighted by Crippen LogP contribution is -2.57. The first-order valence-electron chi connectivity index (χ1n) is 10.5. The van der Waals surface area contributed by atoms with Crippen molar-refractivity contribution < 1.29 is 34.2 Å². The molecule has 0 aliphatic heterocycles. The highest BCUT2D eigenvalue weighted by atomic mass is 16.4. The van der Waals surface area contributed by atoms with Crippen LogP contribution in [0.25, 0.3) is 0 Å². The van der Waals surface area contributed by atoms with E-state index in [9.17, 15) is 29.1 Å². The monoisotopic (exact) mass is 473 g/mol.